The van der Waals surface area contributed by atoms with Gasteiger partial charge in [0.05, 0.1) is 0 Å². The Hall–Kier alpha value is -1.27. The van der Waals surface area contributed by atoms with Crippen LogP contribution in [-0.2, 0) is 11.2 Å². The zero-order valence-corrected chi connectivity index (χ0v) is 11.7. The largest absolute Gasteiger partial charge is 0.309 e. The minimum atomic E-state index is -0.0706. The van der Waals surface area contributed by atoms with Crippen LogP contribution in [0.15, 0.2) is 11.1 Å². The van der Waals surface area contributed by atoms with Gasteiger partial charge in [-0.25, -0.2) is 0 Å². The third-order valence-corrected chi connectivity index (χ3v) is 3.68. The van der Waals surface area contributed by atoms with Crippen LogP contribution in [0.4, 0.5) is 5.13 Å². The van der Waals surface area contributed by atoms with Gasteiger partial charge in [0.1, 0.15) is 5.01 Å². The minimum absolute atomic E-state index is 0.0706. The molecular weight excluding hydrogens is 248 g/mol. The van der Waals surface area contributed by atoms with Crippen LogP contribution in [-0.4, -0.2) is 29.2 Å². The fraction of sp³-hybridized carbons (Fsp3) is 0.583. The molecule has 0 bridgehead atoms. The molecule has 0 aliphatic carbocycles. The fourth-order valence-corrected chi connectivity index (χ4v) is 2.55. The van der Waals surface area contributed by atoms with Crippen LogP contribution in [0.3, 0.4) is 0 Å². The van der Waals surface area contributed by atoms with Crippen LogP contribution in [0.25, 0.3) is 0 Å². The summed E-state index contributed by atoms with van der Waals surface area (Å²) in [5.74, 6) is 0.477. The van der Waals surface area contributed by atoms with Crippen molar-refractivity contribution in [3.63, 3.8) is 0 Å². The molecule has 1 fully saturated rings. The van der Waals surface area contributed by atoms with E-state index in [-0.39, 0.29) is 5.91 Å². The van der Waals surface area contributed by atoms with Crippen molar-refractivity contribution in [3.05, 3.63) is 16.2 Å². The van der Waals surface area contributed by atoms with Crippen molar-refractivity contribution in [1.82, 2.24) is 15.5 Å². The molecular formula is C12H18N4OS. The third kappa shape index (κ3) is 3.14. The van der Waals surface area contributed by atoms with E-state index in [0.717, 1.165) is 30.1 Å². The summed E-state index contributed by atoms with van der Waals surface area (Å²) in [5.41, 5.74) is 1.95. The lowest BCUT2D eigenvalue weighted by molar-refractivity contribution is -0.112. The maximum absolute atomic E-state index is 11.9. The summed E-state index contributed by atoms with van der Waals surface area (Å²) in [7, 11) is 0. The van der Waals surface area contributed by atoms with E-state index in [1.54, 1.807) is 0 Å². The Bertz CT molecular complexity index is 472. The highest BCUT2D eigenvalue weighted by atomic mass is 32.1. The molecule has 1 aliphatic heterocycles. The molecule has 6 heteroatoms. The number of nitrogens with zero attached hydrogens (tertiary/aromatic N) is 2. The van der Waals surface area contributed by atoms with E-state index < -0.39 is 0 Å². The Morgan fingerprint density at radius 2 is 2.17 bits per heavy atom. The van der Waals surface area contributed by atoms with Crippen molar-refractivity contribution < 1.29 is 4.79 Å². The Kier molecular flexibility index (Phi) is 4.08. The lowest BCUT2D eigenvalue weighted by atomic mass is 10.0. The molecule has 0 radical (unpaired) electrons. The molecule has 0 atom stereocenters. The van der Waals surface area contributed by atoms with Gasteiger partial charge in [-0.15, -0.1) is 10.2 Å². The van der Waals surface area contributed by atoms with Crippen molar-refractivity contribution >= 4 is 22.4 Å². The average molecular weight is 266 g/mol. The van der Waals surface area contributed by atoms with Gasteiger partial charge < -0.3 is 5.32 Å². The molecule has 5 nitrogen and oxygen atoms in total. The number of carbonyl (C=O) groups is 1. The summed E-state index contributed by atoms with van der Waals surface area (Å²) < 4.78 is 0. The summed E-state index contributed by atoms with van der Waals surface area (Å²) in [6, 6.07) is 0. The highest BCUT2D eigenvalue weighted by Crippen LogP contribution is 2.19. The Morgan fingerprint density at radius 1 is 1.44 bits per heavy atom. The molecule has 1 aliphatic rings. The number of aromatic nitrogens is 2. The van der Waals surface area contributed by atoms with Gasteiger partial charge in [-0.1, -0.05) is 25.2 Å². The molecule has 0 spiro atoms. The van der Waals surface area contributed by atoms with Crippen molar-refractivity contribution in [2.75, 3.05) is 18.4 Å². The first-order valence-corrected chi connectivity index (χ1v) is 6.91. The molecule has 2 N–H and O–H groups in total. The zero-order valence-electron chi connectivity index (χ0n) is 10.9. The van der Waals surface area contributed by atoms with Gasteiger partial charge in [0.15, 0.2) is 0 Å². The predicted molar refractivity (Wildman–Crippen MR) is 72.7 cm³/mol. The van der Waals surface area contributed by atoms with Gasteiger partial charge >= 0.3 is 0 Å². The highest BCUT2D eigenvalue weighted by molar-refractivity contribution is 7.15. The Balaban J connectivity index is 1.97. The fourth-order valence-electron chi connectivity index (χ4n) is 1.60. The second kappa shape index (κ2) is 5.58. The summed E-state index contributed by atoms with van der Waals surface area (Å²) in [4.78, 5) is 11.9. The quantitative estimate of drug-likeness (QED) is 0.812. The van der Waals surface area contributed by atoms with E-state index in [1.807, 2.05) is 6.92 Å². The second-order valence-electron chi connectivity index (χ2n) is 4.89. The smallest absolute Gasteiger partial charge is 0.253 e. The van der Waals surface area contributed by atoms with Crippen LogP contribution in [0.1, 0.15) is 25.8 Å². The zero-order chi connectivity index (χ0) is 13.1. The summed E-state index contributed by atoms with van der Waals surface area (Å²) in [5, 5.41) is 15.5. The van der Waals surface area contributed by atoms with Crippen molar-refractivity contribution in [2.24, 2.45) is 5.92 Å². The summed E-state index contributed by atoms with van der Waals surface area (Å²) in [6.07, 6.45) is 0.900. The van der Waals surface area contributed by atoms with E-state index in [9.17, 15) is 4.79 Å². The molecule has 1 amide bonds. The van der Waals surface area contributed by atoms with Gasteiger partial charge in [-0.3, -0.25) is 10.1 Å². The maximum atomic E-state index is 11.9. The van der Waals surface area contributed by atoms with Crippen LogP contribution in [0, 0.1) is 5.92 Å². The molecule has 2 heterocycles. The Morgan fingerprint density at radius 3 is 2.72 bits per heavy atom. The van der Waals surface area contributed by atoms with E-state index in [2.05, 4.69) is 34.7 Å². The van der Waals surface area contributed by atoms with E-state index in [1.165, 1.54) is 16.9 Å². The molecule has 0 aromatic carbocycles. The molecule has 98 valence electrons. The molecule has 18 heavy (non-hydrogen) atoms. The number of carbonyl (C=O) groups excluding carboxylic acids is 1. The molecule has 0 unspecified atom stereocenters. The predicted octanol–water partition coefficient (Wildman–Crippen LogP) is 1.59. The maximum Gasteiger partial charge on any atom is 0.253 e. The second-order valence-corrected chi connectivity index (χ2v) is 5.95. The normalized spacial score (nSPS) is 14.6. The minimum Gasteiger partial charge on any atom is -0.309 e. The first-order valence-electron chi connectivity index (χ1n) is 6.09. The molecule has 0 saturated carbocycles. The number of hydrogen-bond donors (Lipinski definition) is 2. The molecule has 1 saturated heterocycles. The lowest BCUT2D eigenvalue weighted by Gasteiger charge is -2.21. The number of anilines is 1. The van der Waals surface area contributed by atoms with Crippen LogP contribution < -0.4 is 10.6 Å². The van der Waals surface area contributed by atoms with Gasteiger partial charge in [-0.2, -0.15) is 0 Å². The van der Waals surface area contributed by atoms with Gasteiger partial charge in [0.2, 0.25) is 5.13 Å². The van der Waals surface area contributed by atoms with Gasteiger partial charge in [-0.05, 0) is 18.4 Å². The van der Waals surface area contributed by atoms with E-state index in [0.29, 0.717) is 11.0 Å². The number of hydrogen-bond acceptors (Lipinski definition) is 5. The first-order chi connectivity index (χ1) is 8.56. The van der Waals surface area contributed by atoms with Gasteiger partial charge in [0.25, 0.3) is 5.91 Å². The van der Waals surface area contributed by atoms with E-state index in [4.69, 9.17) is 0 Å². The van der Waals surface area contributed by atoms with Crippen LogP contribution >= 0.6 is 11.3 Å². The number of amides is 1. The van der Waals surface area contributed by atoms with Crippen molar-refractivity contribution in [2.45, 2.75) is 27.2 Å². The number of nitrogens with one attached hydrogen (secondary N) is 2. The van der Waals surface area contributed by atoms with Crippen molar-refractivity contribution in [3.8, 4) is 0 Å². The van der Waals surface area contributed by atoms with E-state index >= 15 is 0 Å². The summed E-state index contributed by atoms with van der Waals surface area (Å²) >= 11 is 1.45. The number of rotatable bonds is 4. The Labute approximate surface area is 111 Å². The summed E-state index contributed by atoms with van der Waals surface area (Å²) in [6.45, 7) is 7.75. The average Bonchev–Trinajstić information content (AvgIpc) is 2.61. The monoisotopic (exact) mass is 266 g/mol. The highest BCUT2D eigenvalue weighted by Gasteiger charge is 2.17. The molecule has 1 aromatic rings. The molecule has 2 rings (SSSR count). The van der Waals surface area contributed by atoms with Crippen LogP contribution in [0.2, 0.25) is 0 Å². The van der Waals surface area contributed by atoms with Crippen molar-refractivity contribution in [1.29, 1.82) is 0 Å². The SMILES string of the molecule is CC(C(=O)Nc1nnc(CC(C)C)s1)=C1CNC1. The lowest BCUT2D eigenvalue weighted by Crippen LogP contribution is -2.36. The topological polar surface area (TPSA) is 66.9 Å². The van der Waals surface area contributed by atoms with Crippen LogP contribution in [0.5, 0.6) is 0 Å². The van der Waals surface area contributed by atoms with Gasteiger partial charge in [0, 0.05) is 25.1 Å². The first kappa shape index (κ1) is 13.2. The standard InChI is InChI=1S/C12H18N4OS/c1-7(2)4-10-15-16-12(18-10)14-11(17)8(3)9-5-13-6-9/h7,13H,4-6H2,1-3H3,(H,14,16,17). The third-order valence-electron chi connectivity index (χ3n) is 2.82. The molecule has 1 aromatic heterocycles.